The highest BCUT2D eigenvalue weighted by molar-refractivity contribution is 6.09. The molecule has 4 amide bonds. The van der Waals surface area contributed by atoms with Crippen molar-refractivity contribution >= 4 is 17.8 Å². The second kappa shape index (κ2) is 6.98. The Morgan fingerprint density at radius 3 is 2.46 bits per heavy atom. The van der Waals surface area contributed by atoms with Crippen LogP contribution >= 0.6 is 0 Å². The second-order valence-corrected chi connectivity index (χ2v) is 5.96. The quantitative estimate of drug-likeness (QED) is 0.779. The van der Waals surface area contributed by atoms with E-state index >= 15 is 0 Å². The average molecular weight is 335 g/mol. The lowest BCUT2D eigenvalue weighted by Gasteiger charge is -2.25. The van der Waals surface area contributed by atoms with Crippen LogP contribution in [0.2, 0.25) is 0 Å². The highest BCUT2D eigenvalue weighted by Crippen LogP contribution is 2.32. The molecule has 1 aromatic carbocycles. The number of halogens is 1. The third kappa shape index (κ3) is 3.25. The van der Waals surface area contributed by atoms with Crippen molar-refractivity contribution in [2.24, 2.45) is 0 Å². The summed E-state index contributed by atoms with van der Waals surface area (Å²) in [5, 5.41) is 5.39. The predicted octanol–water partition coefficient (Wildman–Crippen LogP) is 1.90. The van der Waals surface area contributed by atoms with Crippen LogP contribution in [0.25, 0.3) is 0 Å². The second-order valence-electron chi connectivity index (χ2n) is 5.96. The van der Waals surface area contributed by atoms with E-state index in [4.69, 9.17) is 0 Å². The fourth-order valence-corrected chi connectivity index (χ4v) is 2.71. The number of urea groups is 1. The van der Waals surface area contributed by atoms with Gasteiger partial charge in [-0.1, -0.05) is 26.0 Å². The largest absolute Gasteiger partial charge is 0.352 e. The molecule has 6 nitrogen and oxygen atoms in total. The van der Waals surface area contributed by atoms with Gasteiger partial charge >= 0.3 is 6.03 Å². The Hall–Kier alpha value is -2.44. The van der Waals surface area contributed by atoms with Crippen molar-refractivity contribution in [3.8, 4) is 0 Å². The van der Waals surface area contributed by atoms with Crippen LogP contribution in [0.4, 0.5) is 9.18 Å². The zero-order chi connectivity index (χ0) is 17.9. The van der Waals surface area contributed by atoms with E-state index in [-0.39, 0.29) is 18.5 Å². The van der Waals surface area contributed by atoms with Gasteiger partial charge in [0, 0.05) is 6.04 Å². The van der Waals surface area contributed by atoms with Crippen molar-refractivity contribution in [2.75, 3.05) is 6.54 Å². The van der Waals surface area contributed by atoms with Crippen LogP contribution in [0.5, 0.6) is 0 Å². The molecule has 0 radical (unpaired) electrons. The Morgan fingerprint density at radius 1 is 1.29 bits per heavy atom. The first-order valence-corrected chi connectivity index (χ1v) is 8.03. The Balaban J connectivity index is 2.23. The Kier molecular flexibility index (Phi) is 5.21. The minimum absolute atomic E-state index is 0.0358. The Labute approximate surface area is 140 Å². The monoisotopic (exact) mass is 335 g/mol. The summed E-state index contributed by atoms with van der Waals surface area (Å²) in [6.07, 6.45) is 1.05. The zero-order valence-corrected chi connectivity index (χ0v) is 14.1. The molecule has 0 saturated carbocycles. The van der Waals surface area contributed by atoms with Crippen LogP contribution in [0, 0.1) is 5.82 Å². The van der Waals surface area contributed by atoms with E-state index in [1.807, 2.05) is 13.8 Å². The van der Waals surface area contributed by atoms with Crippen molar-refractivity contribution in [1.82, 2.24) is 15.5 Å². The molecule has 0 aliphatic carbocycles. The van der Waals surface area contributed by atoms with Crippen LogP contribution in [0.15, 0.2) is 24.3 Å². The minimum Gasteiger partial charge on any atom is -0.352 e. The predicted molar refractivity (Wildman–Crippen MR) is 86.5 cm³/mol. The molecule has 1 fully saturated rings. The number of carbonyl (C=O) groups is 3. The normalized spacial score (nSPS) is 21.6. The molecule has 1 saturated heterocycles. The van der Waals surface area contributed by atoms with Gasteiger partial charge in [0.15, 0.2) is 0 Å². The number of nitrogens with zero attached hydrogens (tertiary/aromatic N) is 1. The Bertz CT molecular complexity index is 647. The van der Waals surface area contributed by atoms with Crippen molar-refractivity contribution in [3.05, 3.63) is 35.6 Å². The summed E-state index contributed by atoms with van der Waals surface area (Å²) in [7, 11) is 0. The van der Waals surface area contributed by atoms with Gasteiger partial charge in [-0.2, -0.15) is 0 Å². The minimum atomic E-state index is -1.26. The summed E-state index contributed by atoms with van der Waals surface area (Å²) >= 11 is 0. The SMILES string of the molecule is CC[C@H](C)NC(=O)CN1C(=O)N[C@](CC)(c2ccc(F)cc2)C1=O. The van der Waals surface area contributed by atoms with E-state index < -0.39 is 23.3 Å². The molecule has 0 bridgehead atoms. The molecule has 1 aromatic rings. The first-order chi connectivity index (χ1) is 11.3. The molecule has 1 aliphatic rings. The van der Waals surface area contributed by atoms with Crippen molar-refractivity contribution < 1.29 is 18.8 Å². The molecular weight excluding hydrogens is 313 g/mol. The summed E-state index contributed by atoms with van der Waals surface area (Å²) in [5.41, 5.74) is -0.767. The number of imide groups is 1. The summed E-state index contributed by atoms with van der Waals surface area (Å²) in [6, 6.07) is 4.77. The maximum Gasteiger partial charge on any atom is 0.325 e. The van der Waals surface area contributed by atoms with Crippen molar-refractivity contribution in [3.63, 3.8) is 0 Å². The van der Waals surface area contributed by atoms with E-state index in [1.54, 1.807) is 6.92 Å². The number of hydrogen-bond acceptors (Lipinski definition) is 3. The first-order valence-electron chi connectivity index (χ1n) is 8.03. The van der Waals surface area contributed by atoms with Crippen molar-refractivity contribution in [2.45, 2.75) is 45.2 Å². The zero-order valence-electron chi connectivity index (χ0n) is 14.1. The maximum absolute atomic E-state index is 13.1. The van der Waals surface area contributed by atoms with Crippen LogP contribution in [0.3, 0.4) is 0 Å². The number of nitrogens with one attached hydrogen (secondary N) is 2. The average Bonchev–Trinajstić information content (AvgIpc) is 2.80. The highest BCUT2D eigenvalue weighted by atomic mass is 19.1. The van der Waals surface area contributed by atoms with Crippen molar-refractivity contribution in [1.29, 1.82) is 0 Å². The van der Waals surface area contributed by atoms with Gasteiger partial charge in [-0.15, -0.1) is 0 Å². The molecule has 1 aliphatic heterocycles. The van der Waals surface area contributed by atoms with E-state index in [0.717, 1.165) is 11.3 Å². The van der Waals surface area contributed by atoms with E-state index in [9.17, 15) is 18.8 Å². The topological polar surface area (TPSA) is 78.5 Å². The van der Waals surface area contributed by atoms with Crippen LogP contribution in [-0.4, -0.2) is 35.3 Å². The molecule has 7 heteroatoms. The lowest BCUT2D eigenvalue weighted by atomic mass is 9.87. The van der Waals surface area contributed by atoms with Gasteiger partial charge < -0.3 is 10.6 Å². The summed E-state index contributed by atoms with van der Waals surface area (Å²) in [6.45, 7) is 5.19. The molecule has 24 heavy (non-hydrogen) atoms. The highest BCUT2D eigenvalue weighted by Gasteiger charge is 2.51. The first kappa shape index (κ1) is 17.9. The fraction of sp³-hybridized carbons (Fsp3) is 0.471. The molecule has 2 N–H and O–H groups in total. The smallest absolute Gasteiger partial charge is 0.325 e. The molecule has 0 spiro atoms. The number of hydrogen-bond donors (Lipinski definition) is 2. The molecule has 0 aromatic heterocycles. The molecular formula is C17H22FN3O3. The van der Waals surface area contributed by atoms with Crippen LogP contribution in [0.1, 0.15) is 39.2 Å². The lowest BCUT2D eigenvalue weighted by molar-refractivity contribution is -0.135. The third-order valence-electron chi connectivity index (χ3n) is 4.36. The summed E-state index contributed by atoms with van der Waals surface area (Å²) < 4.78 is 13.1. The van der Waals surface area contributed by atoms with Gasteiger partial charge in [0.05, 0.1) is 0 Å². The van der Waals surface area contributed by atoms with E-state index in [1.165, 1.54) is 24.3 Å². The van der Waals surface area contributed by atoms with E-state index in [0.29, 0.717) is 12.0 Å². The van der Waals surface area contributed by atoms with E-state index in [2.05, 4.69) is 10.6 Å². The van der Waals surface area contributed by atoms with Gasteiger partial charge in [-0.05, 0) is 37.5 Å². The summed E-state index contributed by atoms with van der Waals surface area (Å²) in [5.74, 6) is -1.31. The standard InChI is InChI=1S/C17H22FN3O3/c1-4-11(3)19-14(22)10-21-15(23)17(5-2,20-16(21)24)12-6-8-13(18)9-7-12/h6-9,11H,4-5,10H2,1-3H3,(H,19,22)(H,20,24)/t11-,17+/m0/s1. The Morgan fingerprint density at radius 2 is 1.92 bits per heavy atom. The van der Waals surface area contributed by atoms with Gasteiger partial charge in [0.1, 0.15) is 17.9 Å². The molecule has 2 atom stereocenters. The van der Waals surface area contributed by atoms with Gasteiger partial charge in [-0.3, -0.25) is 14.5 Å². The molecule has 1 heterocycles. The number of rotatable bonds is 6. The summed E-state index contributed by atoms with van der Waals surface area (Å²) in [4.78, 5) is 38.0. The van der Waals surface area contributed by atoms with Crippen LogP contribution < -0.4 is 10.6 Å². The number of amides is 4. The van der Waals surface area contributed by atoms with Gasteiger partial charge in [-0.25, -0.2) is 9.18 Å². The lowest BCUT2D eigenvalue weighted by Crippen LogP contribution is -2.45. The molecule has 130 valence electrons. The maximum atomic E-state index is 13.1. The molecule has 0 unspecified atom stereocenters. The molecule has 2 rings (SSSR count). The fourth-order valence-electron chi connectivity index (χ4n) is 2.71. The third-order valence-corrected chi connectivity index (χ3v) is 4.36. The van der Waals surface area contributed by atoms with Crippen LogP contribution in [-0.2, 0) is 15.1 Å². The van der Waals surface area contributed by atoms with Gasteiger partial charge in [0.2, 0.25) is 5.91 Å². The number of benzene rings is 1. The van der Waals surface area contributed by atoms with Gasteiger partial charge in [0.25, 0.3) is 5.91 Å². The number of carbonyl (C=O) groups excluding carboxylic acids is 3.